The highest BCUT2D eigenvalue weighted by Crippen LogP contribution is 2.33. The van der Waals surface area contributed by atoms with Crippen molar-refractivity contribution in [1.29, 1.82) is 0 Å². The number of anilines is 1. The molecule has 0 unspecified atom stereocenters. The SMILES string of the molecule is O=C(C1CC1)N1CCN(c2ccc(Cl)cc2[N+](=O)[O-])CC1. The molecule has 1 amide bonds. The maximum absolute atomic E-state index is 12.0. The molecular weight excluding hydrogens is 294 g/mol. The van der Waals surface area contributed by atoms with Crippen LogP contribution in [0.1, 0.15) is 12.8 Å². The molecule has 6 nitrogen and oxygen atoms in total. The van der Waals surface area contributed by atoms with E-state index < -0.39 is 4.92 Å². The third-order valence-corrected chi connectivity index (χ3v) is 4.23. The number of halogens is 1. The first-order chi connectivity index (χ1) is 10.1. The average Bonchev–Trinajstić information content (AvgIpc) is 3.31. The summed E-state index contributed by atoms with van der Waals surface area (Å²) in [5, 5.41) is 11.5. The van der Waals surface area contributed by atoms with Crippen molar-refractivity contribution in [1.82, 2.24) is 4.90 Å². The Labute approximate surface area is 127 Å². The summed E-state index contributed by atoms with van der Waals surface area (Å²) in [4.78, 5) is 26.6. The molecule has 2 aliphatic rings. The fraction of sp³-hybridized carbons (Fsp3) is 0.500. The van der Waals surface area contributed by atoms with Gasteiger partial charge in [0.05, 0.1) is 4.92 Å². The van der Waals surface area contributed by atoms with Gasteiger partial charge in [0, 0.05) is 43.2 Å². The van der Waals surface area contributed by atoms with E-state index in [0.29, 0.717) is 36.9 Å². The van der Waals surface area contributed by atoms with E-state index >= 15 is 0 Å². The van der Waals surface area contributed by atoms with Gasteiger partial charge in [-0.15, -0.1) is 0 Å². The van der Waals surface area contributed by atoms with E-state index in [2.05, 4.69) is 0 Å². The summed E-state index contributed by atoms with van der Waals surface area (Å²) in [5.41, 5.74) is 0.590. The number of nitro groups is 1. The second-order valence-electron chi connectivity index (χ2n) is 5.48. The molecule has 2 fully saturated rings. The summed E-state index contributed by atoms with van der Waals surface area (Å²) in [6.45, 7) is 2.46. The van der Waals surface area contributed by atoms with E-state index in [1.807, 2.05) is 9.80 Å². The highest BCUT2D eigenvalue weighted by molar-refractivity contribution is 6.30. The molecule has 0 N–H and O–H groups in total. The lowest BCUT2D eigenvalue weighted by molar-refractivity contribution is -0.384. The molecule has 1 aromatic carbocycles. The standard InChI is InChI=1S/C14H16ClN3O3/c15-11-3-4-12(13(9-11)18(20)21)16-5-7-17(8-6-16)14(19)10-1-2-10/h3-4,9-10H,1-2,5-8H2. The van der Waals surface area contributed by atoms with Crippen molar-refractivity contribution in [3.8, 4) is 0 Å². The number of amides is 1. The molecule has 0 atom stereocenters. The molecule has 0 spiro atoms. The number of benzene rings is 1. The fourth-order valence-electron chi connectivity index (χ4n) is 2.67. The van der Waals surface area contributed by atoms with E-state index in [4.69, 9.17) is 11.6 Å². The normalized spacial score (nSPS) is 18.7. The lowest BCUT2D eigenvalue weighted by Gasteiger charge is -2.36. The molecule has 1 aliphatic carbocycles. The predicted octanol–water partition coefficient (Wildman–Crippen LogP) is 2.31. The van der Waals surface area contributed by atoms with Crippen molar-refractivity contribution in [3.63, 3.8) is 0 Å². The molecule has 3 rings (SSSR count). The Morgan fingerprint density at radius 2 is 1.90 bits per heavy atom. The predicted molar refractivity (Wildman–Crippen MR) is 79.6 cm³/mol. The molecule has 0 aromatic heterocycles. The summed E-state index contributed by atoms with van der Waals surface area (Å²) in [7, 11) is 0. The highest BCUT2D eigenvalue weighted by Gasteiger charge is 2.35. The van der Waals surface area contributed by atoms with Gasteiger partial charge in [0.15, 0.2) is 0 Å². The minimum Gasteiger partial charge on any atom is -0.362 e. The van der Waals surface area contributed by atoms with Gasteiger partial charge in [-0.25, -0.2) is 0 Å². The maximum Gasteiger partial charge on any atom is 0.294 e. The molecule has 0 bridgehead atoms. The Morgan fingerprint density at radius 1 is 1.24 bits per heavy atom. The number of hydrogen-bond donors (Lipinski definition) is 0. The first kappa shape index (κ1) is 14.1. The van der Waals surface area contributed by atoms with Crippen LogP contribution >= 0.6 is 11.6 Å². The second kappa shape index (κ2) is 5.52. The number of carbonyl (C=O) groups is 1. The molecule has 1 aliphatic heterocycles. The van der Waals surface area contributed by atoms with Crippen LogP contribution in [0, 0.1) is 16.0 Å². The van der Waals surface area contributed by atoms with E-state index in [0.717, 1.165) is 12.8 Å². The monoisotopic (exact) mass is 309 g/mol. The lowest BCUT2D eigenvalue weighted by Crippen LogP contribution is -2.49. The topological polar surface area (TPSA) is 66.7 Å². The van der Waals surface area contributed by atoms with Gasteiger partial charge in [-0.2, -0.15) is 0 Å². The first-order valence-corrected chi connectivity index (χ1v) is 7.42. The summed E-state index contributed by atoms with van der Waals surface area (Å²) in [5.74, 6) is 0.460. The van der Waals surface area contributed by atoms with Crippen LogP contribution in [0.15, 0.2) is 18.2 Å². The first-order valence-electron chi connectivity index (χ1n) is 7.04. The Kier molecular flexibility index (Phi) is 3.71. The smallest absolute Gasteiger partial charge is 0.294 e. The number of hydrogen-bond acceptors (Lipinski definition) is 4. The zero-order valence-electron chi connectivity index (χ0n) is 11.5. The third kappa shape index (κ3) is 2.95. The molecule has 1 aromatic rings. The van der Waals surface area contributed by atoms with E-state index in [1.54, 1.807) is 12.1 Å². The minimum atomic E-state index is -0.414. The molecule has 1 saturated heterocycles. The van der Waals surface area contributed by atoms with Crippen LogP contribution < -0.4 is 4.90 Å². The molecule has 0 radical (unpaired) electrons. The molecule has 1 saturated carbocycles. The van der Waals surface area contributed by atoms with E-state index in [9.17, 15) is 14.9 Å². The van der Waals surface area contributed by atoms with Crippen molar-refractivity contribution >= 4 is 28.9 Å². The third-order valence-electron chi connectivity index (χ3n) is 3.99. The van der Waals surface area contributed by atoms with Gasteiger partial charge < -0.3 is 9.80 Å². The summed E-state index contributed by atoms with van der Waals surface area (Å²) in [6.07, 6.45) is 2.00. The Hall–Kier alpha value is -1.82. The van der Waals surface area contributed by atoms with Gasteiger partial charge in [0.1, 0.15) is 5.69 Å². The Bertz CT molecular complexity index is 581. The summed E-state index contributed by atoms with van der Waals surface area (Å²) < 4.78 is 0. The number of rotatable bonds is 3. The minimum absolute atomic E-state index is 0.0180. The van der Waals surface area contributed by atoms with Gasteiger partial charge in [0.2, 0.25) is 5.91 Å². The molecule has 112 valence electrons. The van der Waals surface area contributed by atoms with Crippen LogP contribution in [-0.2, 0) is 4.79 Å². The fourth-order valence-corrected chi connectivity index (χ4v) is 2.83. The molecule has 1 heterocycles. The van der Waals surface area contributed by atoms with Crippen LogP contribution in [-0.4, -0.2) is 41.9 Å². The van der Waals surface area contributed by atoms with Crippen LogP contribution in [0.3, 0.4) is 0 Å². The average molecular weight is 310 g/mol. The van der Waals surface area contributed by atoms with Crippen LogP contribution in [0.4, 0.5) is 11.4 Å². The summed E-state index contributed by atoms with van der Waals surface area (Å²) in [6, 6.07) is 4.71. The van der Waals surface area contributed by atoms with Crippen LogP contribution in [0.2, 0.25) is 5.02 Å². The van der Waals surface area contributed by atoms with Gasteiger partial charge in [-0.3, -0.25) is 14.9 Å². The largest absolute Gasteiger partial charge is 0.362 e. The van der Waals surface area contributed by atoms with Crippen molar-refractivity contribution < 1.29 is 9.72 Å². The van der Waals surface area contributed by atoms with E-state index in [1.165, 1.54) is 6.07 Å². The molecular formula is C14H16ClN3O3. The van der Waals surface area contributed by atoms with Crippen molar-refractivity contribution in [2.24, 2.45) is 5.92 Å². The van der Waals surface area contributed by atoms with Gasteiger partial charge in [-0.1, -0.05) is 11.6 Å². The Balaban J connectivity index is 1.72. The second-order valence-corrected chi connectivity index (χ2v) is 5.91. The Morgan fingerprint density at radius 3 is 2.48 bits per heavy atom. The van der Waals surface area contributed by atoms with Gasteiger partial charge in [-0.05, 0) is 25.0 Å². The van der Waals surface area contributed by atoms with Gasteiger partial charge >= 0.3 is 0 Å². The molecule has 21 heavy (non-hydrogen) atoms. The zero-order chi connectivity index (χ0) is 15.0. The highest BCUT2D eigenvalue weighted by atomic mass is 35.5. The van der Waals surface area contributed by atoms with Crippen molar-refractivity contribution in [2.45, 2.75) is 12.8 Å². The quantitative estimate of drug-likeness (QED) is 0.635. The van der Waals surface area contributed by atoms with Crippen LogP contribution in [0.5, 0.6) is 0 Å². The number of nitrogens with zero attached hydrogens (tertiary/aromatic N) is 3. The molecule has 7 heteroatoms. The lowest BCUT2D eigenvalue weighted by atomic mass is 10.2. The maximum atomic E-state index is 12.0. The van der Waals surface area contributed by atoms with Crippen molar-refractivity contribution in [3.05, 3.63) is 33.3 Å². The number of carbonyl (C=O) groups excluding carboxylic acids is 1. The summed E-state index contributed by atoms with van der Waals surface area (Å²) >= 11 is 5.83. The van der Waals surface area contributed by atoms with E-state index in [-0.39, 0.29) is 17.5 Å². The zero-order valence-corrected chi connectivity index (χ0v) is 12.3. The number of nitro benzene ring substituents is 1. The van der Waals surface area contributed by atoms with Gasteiger partial charge in [0.25, 0.3) is 5.69 Å². The van der Waals surface area contributed by atoms with Crippen LogP contribution in [0.25, 0.3) is 0 Å². The van der Waals surface area contributed by atoms with Crippen molar-refractivity contribution in [2.75, 3.05) is 31.1 Å². The number of piperazine rings is 1.